The number of ether oxygens (including phenoxy) is 4. The Morgan fingerprint density at radius 1 is 1.15 bits per heavy atom. The van der Waals surface area contributed by atoms with Gasteiger partial charge in [-0.25, -0.2) is 4.79 Å². The summed E-state index contributed by atoms with van der Waals surface area (Å²) >= 11 is 0. The molecule has 0 aromatic heterocycles. The standard InChI is InChI=1S/C18H15NO8/c1-24-13-5-9-8(4-12(13)20)3-11(19(22)23)15-10(18(21)25-2)6-14-17(16(9)15)27-7-26-14/h3-6,20,22-23H,7H2,1-2H3/p-1. The molecule has 9 heteroatoms. The maximum atomic E-state index is 12.3. The van der Waals surface area contributed by atoms with Gasteiger partial charge in [-0.2, -0.15) is 0 Å². The molecule has 0 unspecified atom stereocenters. The van der Waals surface area contributed by atoms with Crippen LogP contribution in [0.15, 0.2) is 24.3 Å². The summed E-state index contributed by atoms with van der Waals surface area (Å²) in [7, 11) is 2.58. The summed E-state index contributed by atoms with van der Waals surface area (Å²) in [5, 5.41) is 33.0. The van der Waals surface area contributed by atoms with Crippen molar-refractivity contribution >= 4 is 33.2 Å². The van der Waals surface area contributed by atoms with E-state index in [1.807, 2.05) is 0 Å². The van der Waals surface area contributed by atoms with E-state index >= 15 is 0 Å². The molecule has 0 bridgehead atoms. The Kier molecular flexibility index (Phi) is 3.83. The summed E-state index contributed by atoms with van der Waals surface area (Å²) in [6, 6.07) is 5.58. The van der Waals surface area contributed by atoms with Gasteiger partial charge in [0.25, 0.3) is 0 Å². The molecule has 0 saturated carbocycles. The molecule has 3 aromatic carbocycles. The Morgan fingerprint density at radius 3 is 2.59 bits per heavy atom. The third kappa shape index (κ3) is 2.44. The summed E-state index contributed by atoms with van der Waals surface area (Å²) in [6.07, 6.45) is 0. The van der Waals surface area contributed by atoms with Gasteiger partial charge in [0, 0.05) is 10.8 Å². The zero-order valence-electron chi connectivity index (χ0n) is 14.3. The van der Waals surface area contributed by atoms with Crippen LogP contribution in [0.4, 0.5) is 5.69 Å². The zero-order valence-corrected chi connectivity index (χ0v) is 14.3. The summed E-state index contributed by atoms with van der Waals surface area (Å²) in [5.74, 6) is -0.373. The van der Waals surface area contributed by atoms with Gasteiger partial charge in [0.05, 0.1) is 19.8 Å². The average molecular weight is 372 g/mol. The second-order valence-electron chi connectivity index (χ2n) is 5.81. The lowest BCUT2D eigenvalue weighted by molar-refractivity contribution is -0.269. The largest absolute Gasteiger partial charge is 0.870 e. The van der Waals surface area contributed by atoms with E-state index in [1.165, 1.54) is 38.5 Å². The smallest absolute Gasteiger partial charge is 0.338 e. The molecule has 0 amide bonds. The number of hydrogen-bond donors (Lipinski definition) is 2. The molecule has 2 N–H and O–H groups in total. The fourth-order valence-corrected chi connectivity index (χ4v) is 3.28. The number of carbonyl (C=O) groups is 1. The Balaban J connectivity index is 2.27. The fourth-order valence-electron chi connectivity index (χ4n) is 3.28. The number of esters is 1. The predicted octanol–water partition coefficient (Wildman–Crippen LogP) is 2.18. The van der Waals surface area contributed by atoms with Gasteiger partial charge in [-0.05, 0) is 29.0 Å². The molecule has 0 spiro atoms. The molecule has 4 rings (SSSR count). The molecule has 0 atom stereocenters. The van der Waals surface area contributed by atoms with Gasteiger partial charge >= 0.3 is 5.97 Å². The number of rotatable bonds is 3. The predicted molar refractivity (Wildman–Crippen MR) is 91.0 cm³/mol. The highest BCUT2D eigenvalue weighted by atomic mass is 16.8. The first-order valence-corrected chi connectivity index (χ1v) is 7.80. The monoisotopic (exact) mass is 372 g/mol. The molecule has 1 aliphatic heterocycles. The van der Waals surface area contributed by atoms with E-state index in [0.717, 1.165) is 0 Å². The van der Waals surface area contributed by atoms with Gasteiger partial charge in [0.15, 0.2) is 11.5 Å². The van der Waals surface area contributed by atoms with Crippen LogP contribution < -0.4 is 24.5 Å². The first-order chi connectivity index (χ1) is 13.0. The fraction of sp³-hybridized carbons (Fsp3) is 0.167. The minimum absolute atomic E-state index is 0.0481. The van der Waals surface area contributed by atoms with Crippen LogP contribution in [-0.4, -0.2) is 37.4 Å². The summed E-state index contributed by atoms with van der Waals surface area (Å²) in [6.45, 7) is -0.0699. The number of nitrogens with zero attached hydrogens (tertiary/aromatic N) is 1. The van der Waals surface area contributed by atoms with Crippen LogP contribution in [0.3, 0.4) is 0 Å². The van der Waals surface area contributed by atoms with E-state index in [2.05, 4.69) is 0 Å². The highest BCUT2D eigenvalue weighted by Gasteiger charge is 2.28. The molecule has 1 aliphatic rings. The lowest BCUT2D eigenvalue weighted by Gasteiger charge is -2.20. The maximum Gasteiger partial charge on any atom is 0.338 e. The Morgan fingerprint density at radius 2 is 1.93 bits per heavy atom. The minimum Gasteiger partial charge on any atom is -0.870 e. The van der Waals surface area contributed by atoms with E-state index in [9.17, 15) is 20.3 Å². The van der Waals surface area contributed by atoms with Gasteiger partial charge in [0.2, 0.25) is 6.79 Å². The SMILES string of the molecule is COC(=O)c1cc2c(c3c1c(N(O)O)cc1cc([O-])c(OC)cc13)OCO2. The topological polar surface area (TPSA) is 121 Å². The normalized spacial score (nSPS) is 12.4. The van der Waals surface area contributed by atoms with E-state index in [1.54, 1.807) is 0 Å². The van der Waals surface area contributed by atoms with Crippen LogP contribution in [0.5, 0.6) is 23.0 Å². The van der Waals surface area contributed by atoms with Gasteiger partial charge < -0.3 is 24.1 Å². The van der Waals surface area contributed by atoms with E-state index in [0.29, 0.717) is 27.7 Å². The number of hydrogen-bond acceptors (Lipinski definition) is 9. The minimum atomic E-state index is -0.701. The second kappa shape index (κ2) is 6.08. The van der Waals surface area contributed by atoms with Gasteiger partial charge in [-0.15, -0.1) is 5.23 Å². The number of anilines is 1. The average Bonchev–Trinajstić information content (AvgIpc) is 3.13. The molecule has 27 heavy (non-hydrogen) atoms. The van der Waals surface area contributed by atoms with Crippen molar-refractivity contribution in [3.63, 3.8) is 0 Å². The molecule has 9 nitrogen and oxygen atoms in total. The Labute approximate surface area is 152 Å². The first kappa shape index (κ1) is 17.0. The molecule has 0 fully saturated rings. The van der Waals surface area contributed by atoms with Crippen molar-refractivity contribution in [1.29, 1.82) is 0 Å². The van der Waals surface area contributed by atoms with Crippen molar-refractivity contribution in [3.05, 3.63) is 29.8 Å². The molecule has 0 saturated heterocycles. The van der Waals surface area contributed by atoms with E-state index in [-0.39, 0.29) is 40.2 Å². The summed E-state index contributed by atoms with van der Waals surface area (Å²) < 4.78 is 20.9. The van der Waals surface area contributed by atoms with Crippen LogP contribution in [0.1, 0.15) is 10.4 Å². The van der Waals surface area contributed by atoms with Crippen molar-refractivity contribution in [2.75, 3.05) is 26.2 Å². The van der Waals surface area contributed by atoms with Crippen molar-refractivity contribution in [3.8, 4) is 23.0 Å². The van der Waals surface area contributed by atoms with Crippen LogP contribution in [0.2, 0.25) is 0 Å². The Hall–Kier alpha value is -3.43. The number of carbonyl (C=O) groups excluding carboxylic acids is 1. The number of benzene rings is 3. The van der Waals surface area contributed by atoms with E-state index < -0.39 is 5.97 Å². The third-order valence-electron chi connectivity index (χ3n) is 4.44. The Bertz CT molecular complexity index is 1090. The van der Waals surface area contributed by atoms with Gasteiger partial charge in [-0.3, -0.25) is 10.4 Å². The number of fused-ring (bicyclic) bond motifs is 5. The van der Waals surface area contributed by atoms with Crippen molar-refractivity contribution in [1.82, 2.24) is 0 Å². The van der Waals surface area contributed by atoms with Crippen molar-refractivity contribution < 1.29 is 39.3 Å². The molecule has 1 heterocycles. The first-order valence-electron chi connectivity index (χ1n) is 7.80. The maximum absolute atomic E-state index is 12.3. The molecule has 3 aromatic rings. The summed E-state index contributed by atoms with van der Waals surface area (Å²) in [4.78, 5) is 12.3. The van der Waals surface area contributed by atoms with Gasteiger partial charge in [0.1, 0.15) is 11.4 Å². The zero-order chi connectivity index (χ0) is 19.3. The van der Waals surface area contributed by atoms with Gasteiger partial charge in [-0.1, -0.05) is 11.8 Å². The third-order valence-corrected chi connectivity index (χ3v) is 4.44. The van der Waals surface area contributed by atoms with Crippen LogP contribution in [0, 0.1) is 0 Å². The molecule has 140 valence electrons. The van der Waals surface area contributed by atoms with Crippen LogP contribution in [0.25, 0.3) is 21.5 Å². The highest BCUT2D eigenvalue weighted by molar-refractivity contribution is 6.22. The van der Waals surface area contributed by atoms with Crippen LogP contribution in [-0.2, 0) is 4.74 Å². The molecule has 0 aliphatic carbocycles. The quantitative estimate of drug-likeness (QED) is 0.405. The number of methoxy groups -OCH3 is 2. The summed E-state index contributed by atoms with van der Waals surface area (Å²) in [5.41, 5.74) is -0.0762. The van der Waals surface area contributed by atoms with Crippen molar-refractivity contribution in [2.24, 2.45) is 0 Å². The lowest BCUT2D eigenvalue weighted by Crippen LogP contribution is -2.13. The molecule has 0 radical (unpaired) electrons. The van der Waals surface area contributed by atoms with Crippen molar-refractivity contribution in [2.45, 2.75) is 0 Å². The molecular formula is C18H14NO8-. The lowest BCUT2D eigenvalue weighted by atomic mass is 9.95. The molecular weight excluding hydrogens is 358 g/mol. The van der Waals surface area contributed by atoms with Crippen LogP contribution >= 0.6 is 0 Å². The highest BCUT2D eigenvalue weighted by Crippen LogP contribution is 2.49. The van der Waals surface area contributed by atoms with E-state index in [4.69, 9.17) is 18.9 Å². The second-order valence-corrected chi connectivity index (χ2v) is 5.81.